The maximum Gasteiger partial charge on any atom is 0.410 e. The quantitative estimate of drug-likeness (QED) is 0.431. The topological polar surface area (TPSA) is 61.9 Å². The van der Waals surface area contributed by atoms with Crippen LogP contribution >= 0.6 is 11.3 Å². The molecule has 1 N–H and O–H groups in total. The summed E-state index contributed by atoms with van der Waals surface area (Å²) in [6, 6.07) is 17.3. The van der Waals surface area contributed by atoms with E-state index in [1.165, 1.54) is 23.5 Å². The van der Waals surface area contributed by atoms with E-state index in [0.29, 0.717) is 16.1 Å². The van der Waals surface area contributed by atoms with Crippen LogP contribution in [0.2, 0.25) is 0 Å². The minimum absolute atomic E-state index is 0.0772. The Bertz CT molecular complexity index is 1320. The highest BCUT2D eigenvalue weighted by molar-refractivity contribution is 7.14. The number of carbonyl (C=O) groups is 2. The van der Waals surface area contributed by atoms with Gasteiger partial charge in [-0.1, -0.05) is 11.8 Å². The third-order valence-electron chi connectivity index (χ3n) is 5.89. The van der Waals surface area contributed by atoms with Gasteiger partial charge in [-0.15, -0.1) is 11.3 Å². The molecule has 2 amide bonds. The molecule has 0 aliphatic carbocycles. The molecule has 2 aromatic carbocycles. The van der Waals surface area contributed by atoms with E-state index in [0.717, 1.165) is 30.1 Å². The van der Waals surface area contributed by atoms with Gasteiger partial charge in [0.15, 0.2) is 0 Å². The molecule has 37 heavy (non-hydrogen) atoms. The van der Waals surface area contributed by atoms with Crippen molar-refractivity contribution in [2.75, 3.05) is 30.4 Å². The first-order chi connectivity index (χ1) is 17.6. The first kappa shape index (κ1) is 26.2. The minimum atomic E-state index is -0.522. The van der Waals surface area contributed by atoms with Gasteiger partial charge in [-0.25, -0.2) is 9.18 Å². The molecule has 4 rings (SSSR count). The van der Waals surface area contributed by atoms with Crippen molar-refractivity contribution in [1.29, 1.82) is 0 Å². The van der Waals surface area contributed by atoms with Crippen molar-refractivity contribution in [1.82, 2.24) is 4.90 Å². The third-order valence-corrected chi connectivity index (χ3v) is 6.89. The number of rotatable bonds is 4. The van der Waals surface area contributed by atoms with Crippen molar-refractivity contribution in [2.45, 2.75) is 38.8 Å². The Morgan fingerprint density at radius 1 is 1.05 bits per heavy atom. The summed E-state index contributed by atoms with van der Waals surface area (Å²) in [4.78, 5) is 30.3. The number of likely N-dealkylation sites (N-methyl/N-ethyl adjacent to an activating group) is 1. The first-order valence-corrected chi connectivity index (χ1v) is 12.9. The van der Waals surface area contributed by atoms with Crippen LogP contribution in [0.25, 0.3) is 0 Å². The lowest BCUT2D eigenvalue weighted by Crippen LogP contribution is -2.42. The highest BCUT2D eigenvalue weighted by Gasteiger charge is 2.31. The monoisotopic (exact) mass is 519 g/mol. The van der Waals surface area contributed by atoms with Gasteiger partial charge in [0.05, 0.1) is 15.8 Å². The average Bonchev–Trinajstić information content (AvgIpc) is 3.53. The number of carbonyl (C=O) groups excluding carboxylic acids is 2. The number of nitrogens with one attached hydrogen (secondary N) is 1. The molecular weight excluding hydrogens is 489 g/mol. The number of hydrogen-bond acceptors (Lipinski definition) is 5. The smallest absolute Gasteiger partial charge is 0.410 e. The Kier molecular flexibility index (Phi) is 7.84. The van der Waals surface area contributed by atoms with E-state index in [9.17, 15) is 14.0 Å². The molecule has 1 fully saturated rings. The predicted octanol–water partition coefficient (Wildman–Crippen LogP) is 5.98. The van der Waals surface area contributed by atoms with Crippen molar-refractivity contribution in [3.8, 4) is 11.8 Å². The summed E-state index contributed by atoms with van der Waals surface area (Å²) in [6.45, 7) is 7.14. The van der Waals surface area contributed by atoms with Crippen molar-refractivity contribution in [3.05, 3.63) is 81.8 Å². The fourth-order valence-corrected chi connectivity index (χ4v) is 4.67. The number of halogens is 1. The van der Waals surface area contributed by atoms with Crippen molar-refractivity contribution < 1.29 is 18.7 Å². The van der Waals surface area contributed by atoms with Crippen LogP contribution in [-0.4, -0.2) is 48.7 Å². The van der Waals surface area contributed by atoms with Gasteiger partial charge in [0.2, 0.25) is 0 Å². The summed E-state index contributed by atoms with van der Waals surface area (Å²) in [5, 5.41) is 2.93. The van der Waals surface area contributed by atoms with Gasteiger partial charge >= 0.3 is 6.09 Å². The lowest BCUT2D eigenvalue weighted by Gasteiger charge is -2.28. The predicted molar refractivity (Wildman–Crippen MR) is 146 cm³/mol. The van der Waals surface area contributed by atoms with Crippen molar-refractivity contribution in [3.63, 3.8) is 0 Å². The van der Waals surface area contributed by atoms with Crippen molar-refractivity contribution >= 4 is 34.7 Å². The first-order valence-electron chi connectivity index (χ1n) is 12.1. The van der Waals surface area contributed by atoms with Gasteiger partial charge < -0.3 is 19.9 Å². The van der Waals surface area contributed by atoms with E-state index >= 15 is 0 Å². The van der Waals surface area contributed by atoms with Crippen LogP contribution in [0, 0.1) is 17.7 Å². The van der Waals surface area contributed by atoms with Crippen LogP contribution < -0.4 is 10.2 Å². The molecule has 0 radical (unpaired) electrons. The number of ether oxygens (including phenoxy) is 1. The Balaban J connectivity index is 1.32. The Hall–Kier alpha value is -3.83. The third kappa shape index (κ3) is 7.11. The minimum Gasteiger partial charge on any atom is -0.444 e. The van der Waals surface area contributed by atoms with Gasteiger partial charge in [-0.05, 0) is 87.9 Å². The molecule has 2 heterocycles. The molecule has 1 unspecified atom stereocenters. The molecular formula is C29H30FN3O3S. The Labute approximate surface area is 221 Å². The Morgan fingerprint density at radius 3 is 2.43 bits per heavy atom. The van der Waals surface area contributed by atoms with E-state index in [1.807, 2.05) is 45.0 Å². The van der Waals surface area contributed by atoms with Gasteiger partial charge in [-0.2, -0.15) is 0 Å². The molecule has 192 valence electrons. The highest BCUT2D eigenvalue weighted by Crippen LogP contribution is 2.26. The summed E-state index contributed by atoms with van der Waals surface area (Å²) in [5.41, 5.74) is 1.92. The van der Waals surface area contributed by atoms with E-state index < -0.39 is 5.60 Å². The van der Waals surface area contributed by atoms with E-state index in [1.54, 1.807) is 36.2 Å². The number of nitrogens with zero attached hydrogens (tertiary/aromatic N) is 2. The number of anilines is 2. The molecule has 3 aromatic rings. The van der Waals surface area contributed by atoms with Gasteiger partial charge in [0, 0.05) is 37.1 Å². The van der Waals surface area contributed by atoms with Gasteiger partial charge in [0.1, 0.15) is 11.4 Å². The largest absolute Gasteiger partial charge is 0.444 e. The molecule has 0 bridgehead atoms. The summed E-state index contributed by atoms with van der Waals surface area (Å²) < 4.78 is 18.5. The molecule has 1 atom stereocenters. The second-order valence-corrected chi connectivity index (χ2v) is 11.0. The van der Waals surface area contributed by atoms with Crippen LogP contribution in [0.4, 0.5) is 20.6 Å². The summed E-state index contributed by atoms with van der Waals surface area (Å²) in [6.07, 6.45) is 0.550. The lowest BCUT2D eigenvalue weighted by atomic mass is 10.2. The van der Waals surface area contributed by atoms with Crippen LogP contribution in [0.1, 0.15) is 47.3 Å². The molecule has 0 spiro atoms. The molecule has 8 heteroatoms. The van der Waals surface area contributed by atoms with Gasteiger partial charge in [0.25, 0.3) is 5.91 Å². The van der Waals surface area contributed by atoms with Gasteiger partial charge in [-0.3, -0.25) is 4.79 Å². The summed E-state index contributed by atoms with van der Waals surface area (Å²) in [5.74, 6) is 5.49. The molecule has 1 aliphatic heterocycles. The number of thiophene rings is 1. The zero-order valence-corrected chi connectivity index (χ0v) is 22.2. The van der Waals surface area contributed by atoms with Crippen molar-refractivity contribution in [2.24, 2.45) is 0 Å². The molecule has 1 aliphatic rings. The maximum atomic E-state index is 13.0. The second-order valence-electron chi connectivity index (χ2n) is 9.90. The number of benzene rings is 2. The SMILES string of the molecule is CN(C(=O)OC(C)(C)C)C1CCN(c2ccc(NC(=O)c3ccc(C#Cc4ccc(F)cc4)s3)cc2)C1. The molecule has 0 saturated carbocycles. The van der Waals surface area contributed by atoms with Crippen LogP contribution in [0.15, 0.2) is 60.7 Å². The Morgan fingerprint density at radius 2 is 1.76 bits per heavy atom. The molecule has 6 nitrogen and oxygen atoms in total. The average molecular weight is 520 g/mol. The summed E-state index contributed by atoms with van der Waals surface area (Å²) in [7, 11) is 1.78. The van der Waals surface area contributed by atoms with Crippen LogP contribution in [-0.2, 0) is 4.74 Å². The lowest BCUT2D eigenvalue weighted by molar-refractivity contribution is 0.0237. The number of hydrogen-bond donors (Lipinski definition) is 1. The molecule has 1 aromatic heterocycles. The molecule has 1 saturated heterocycles. The van der Waals surface area contributed by atoms with E-state index in [2.05, 4.69) is 22.1 Å². The zero-order chi connectivity index (χ0) is 26.6. The standard InChI is InChI=1S/C29H30FN3O3S/c1-29(2,3)36-28(35)32(4)24-17-18-33(19-24)23-12-10-22(11-13-23)31-27(34)26-16-15-25(37-26)14-7-20-5-8-21(30)9-6-20/h5-6,8-13,15-16,24H,17-19H2,1-4H3,(H,31,34). The maximum absolute atomic E-state index is 13.0. The summed E-state index contributed by atoms with van der Waals surface area (Å²) >= 11 is 1.30. The van der Waals surface area contributed by atoms with E-state index in [-0.39, 0.29) is 23.9 Å². The van der Waals surface area contributed by atoms with E-state index in [4.69, 9.17) is 4.74 Å². The van der Waals surface area contributed by atoms with Crippen LogP contribution in [0.5, 0.6) is 0 Å². The second kappa shape index (κ2) is 11.1. The highest BCUT2D eigenvalue weighted by atomic mass is 32.1. The fraction of sp³-hybridized carbons (Fsp3) is 0.310. The fourth-order valence-electron chi connectivity index (χ4n) is 3.92. The van der Waals surface area contributed by atoms with Crippen LogP contribution in [0.3, 0.4) is 0 Å². The normalized spacial score (nSPS) is 15.1. The number of amides is 2. The zero-order valence-electron chi connectivity index (χ0n) is 21.4.